The smallest absolute Gasteiger partial charge is 0.159 e. The predicted molar refractivity (Wildman–Crippen MR) is 80.1 cm³/mol. The van der Waals surface area contributed by atoms with Gasteiger partial charge in [-0.15, -0.1) is 0 Å². The molecule has 3 N–H and O–H groups in total. The second-order valence-electron chi connectivity index (χ2n) is 4.23. The Balaban J connectivity index is 2.87. The Kier molecular flexibility index (Phi) is 6.42. The highest BCUT2D eigenvalue weighted by atomic mass is 32.2. The maximum Gasteiger partial charge on any atom is 0.159 e. The van der Waals surface area contributed by atoms with E-state index in [4.69, 9.17) is 15.9 Å². The van der Waals surface area contributed by atoms with Gasteiger partial charge in [0.15, 0.2) is 11.0 Å². The summed E-state index contributed by atoms with van der Waals surface area (Å²) in [4.78, 5) is 11.4. The molecule has 0 aliphatic rings. The molecule has 1 aromatic carbocycles. The molecule has 0 aromatic heterocycles. The number of Topliss-reactive ketones (excluding diaryl/α,β-unsaturated/α-hetero) is 1. The summed E-state index contributed by atoms with van der Waals surface area (Å²) in [6.07, 6.45) is 2.07. The third-order valence-corrected chi connectivity index (χ3v) is 3.37. The van der Waals surface area contributed by atoms with E-state index in [1.54, 1.807) is 6.07 Å². The second-order valence-corrected chi connectivity index (χ2v) is 5.25. The molecule has 0 fully saturated rings. The molecule has 104 valence electrons. The van der Waals surface area contributed by atoms with Crippen molar-refractivity contribution in [1.29, 1.82) is 5.41 Å². The monoisotopic (exact) mass is 280 g/mol. The van der Waals surface area contributed by atoms with E-state index in [1.807, 2.05) is 12.1 Å². The van der Waals surface area contributed by atoms with Gasteiger partial charge < -0.3 is 10.5 Å². The minimum absolute atomic E-state index is 0.0224. The van der Waals surface area contributed by atoms with Gasteiger partial charge in [0.25, 0.3) is 0 Å². The van der Waals surface area contributed by atoms with Gasteiger partial charge in [0.2, 0.25) is 0 Å². The molecular weight excluding hydrogens is 260 g/mol. The maximum atomic E-state index is 11.4. The molecule has 0 aliphatic heterocycles. The minimum Gasteiger partial charge on any atom is -0.493 e. The molecule has 1 aromatic rings. The first-order chi connectivity index (χ1) is 9.04. The number of hydrogen-bond donors (Lipinski definition) is 2. The zero-order valence-corrected chi connectivity index (χ0v) is 12.2. The summed E-state index contributed by atoms with van der Waals surface area (Å²) in [5.41, 5.74) is 6.91. The van der Waals surface area contributed by atoms with Gasteiger partial charge in [-0.2, -0.15) is 0 Å². The number of amidine groups is 1. The third kappa shape index (κ3) is 5.34. The molecule has 19 heavy (non-hydrogen) atoms. The van der Waals surface area contributed by atoms with Crippen molar-refractivity contribution in [3.05, 3.63) is 29.3 Å². The molecule has 0 saturated heterocycles. The molecular formula is C14H20N2O2S. The van der Waals surface area contributed by atoms with E-state index < -0.39 is 0 Å². The number of nitrogens with two attached hydrogens (primary N) is 1. The van der Waals surface area contributed by atoms with Crippen LogP contribution < -0.4 is 10.5 Å². The molecule has 0 unspecified atom stereocenters. The Morgan fingerprint density at radius 3 is 2.79 bits per heavy atom. The lowest BCUT2D eigenvalue weighted by molar-refractivity contribution is 0.101. The molecule has 5 heteroatoms. The van der Waals surface area contributed by atoms with Gasteiger partial charge in [-0.25, -0.2) is 0 Å². The van der Waals surface area contributed by atoms with E-state index in [2.05, 4.69) is 6.92 Å². The summed E-state index contributed by atoms with van der Waals surface area (Å²) in [5, 5.41) is 7.32. The number of carbonyl (C=O) groups is 1. The Hall–Kier alpha value is -1.49. The van der Waals surface area contributed by atoms with E-state index in [0.717, 1.165) is 24.2 Å². The Bertz CT molecular complexity index is 461. The first-order valence-corrected chi connectivity index (χ1v) is 7.26. The summed E-state index contributed by atoms with van der Waals surface area (Å²) in [6.45, 7) is 4.30. The quantitative estimate of drug-likeness (QED) is 0.348. The molecule has 0 saturated carbocycles. The third-order valence-electron chi connectivity index (χ3n) is 2.61. The largest absolute Gasteiger partial charge is 0.493 e. The van der Waals surface area contributed by atoms with Gasteiger partial charge in [-0.3, -0.25) is 10.2 Å². The number of unbranched alkanes of at least 4 members (excludes halogenated alkanes) is 1. The van der Waals surface area contributed by atoms with Gasteiger partial charge in [0.05, 0.1) is 6.61 Å². The molecule has 0 heterocycles. The zero-order valence-electron chi connectivity index (χ0n) is 11.4. The Morgan fingerprint density at radius 1 is 1.47 bits per heavy atom. The summed E-state index contributed by atoms with van der Waals surface area (Å²) in [7, 11) is 0. The van der Waals surface area contributed by atoms with Crippen molar-refractivity contribution in [3.8, 4) is 5.75 Å². The number of benzene rings is 1. The first-order valence-electron chi connectivity index (χ1n) is 6.28. The van der Waals surface area contributed by atoms with Gasteiger partial charge >= 0.3 is 0 Å². The molecule has 0 radical (unpaired) electrons. The van der Waals surface area contributed by atoms with Crippen LogP contribution in [-0.2, 0) is 5.75 Å². The molecule has 0 atom stereocenters. The highest BCUT2D eigenvalue weighted by Crippen LogP contribution is 2.25. The summed E-state index contributed by atoms with van der Waals surface area (Å²) >= 11 is 1.23. The number of rotatable bonds is 7. The van der Waals surface area contributed by atoms with Crippen LogP contribution in [0.2, 0.25) is 0 Å². The van der Waals surface area contributed by atoms with Gasteiger partial charge in [0.1, 0.15) is 5.75 Å². The van der Waals surface area contributed by atoms with Crippen LogP contribution in [0.4, 0.5) is 0 Å². The van der Waals surface area contributed by atoms with Gasteiger partial charge in [-0.05, 0) is 31.5 Å². The highest BCUT2D eigenvalue weighted by molar-refractivity contribution is 8.13. The second kappa shape index (κ2) is 7.84. The summed E-state index contributed by atoms with van der Waals surface area (Å²) in [6, 6.07) is 5.41. The fraction of sp³-hybridized carbons (Fsp3) is 0.429. The fourth-order valence-corrected chi connectivity index (χ4v) is 2.07. The Labute approximate surface area is 118 Å². The predicted octanol–water partition coefficient (Wildman–Crippen LogP) is 3.19. The lowest BCUT2D eigenvalue weighted by Crippen LogP contribution is -2.06. The molecule has 0 aliphatic carbocycles. The summed E-state index contributed by atoms with van der Waals surface area (Å²) in [5.74, 6) is 1.33. The topological polar surface area (TPSA) is 76.2 Å². The highest BCUT2D eigenvalue weighted by Gasteiger charge is 2.09. The minimum atomic E-state index is 0.0224. The molecule has 1 rings (SSSR count). The van der Waals surface area contributed by atoms with Crippen molar-refractivity contribution in [1.82, 2.24) is 0 Å². The SMILES string of the molecule is CCCCOc1ccc(C(C)=O)cc1CSC(=N)N. The molecule has 4 nitrogen and oxygen atoms in total. The standard InChI is InChI=1S/C14H20N2O2S/c1-3-4-7-18-13-6-5-11(10(2)17)8-12(13)9-19-14(15)16/h5-6,8H,3-4,7,9H2,1-2H3,(H3,15,16). The number of thioether (sulfide) groups is 1. The van der Waals surface area contributed by atoms with Crippen LogP contribution in [0.15, 0.2) is 18.2 Å². The number of ketones is 1. The summed E-state index contributed by atoms with van der Waals surface area (Å²) < 4.78 is 5.71. The van der Waals surface area contributed by atoms with Crippen molar-refractivity contribution in [2.24, 2.45) is 5.73 Å². The van der Waals surface area contributed by atoms with E-state index in [-0.39, 0.29) is 11.0 Å². The van der Waals surface area contributed by atoms with Crippen LogP contribution in [0.25, 0.3) is 0 Å². The maximum absolute atomic E-state index is 11.4. The lowest BCUT2D eigenvalue weighted by atomic mass is 10.1. The van der Waals surface area contributed by atoms with Gasteiger partial charge in [0, 0.05) is 16.9 Å². The van der Waals surface area contributed by atoms with Crippen LogP contribution in [0.3, 0.4) is 0 Å². The number of nitrogens with one attached hydrogen (secondary N) is 1. The van der Waals surface area contributed by atoms with Crippen molar-refractivity contribution in [2.75, 3.05) is 6.61 Å². The number of carbonyl (C=O) groups excluding carboxylic acids is 1. The fourth-order valence-electron chi connectivity index (χ4n) is 1.53. The van der Waals surface area contributed by atoms with Crippen molar-refractivity contribution in [3.63, 3.8) is 0 Å². The lowest BCUT2D eigenvalue weighted by Gasteiger charge is -2.12. The Morgan fingerprint density at radius 2 is 2.21 bits per heavy atom. The molecule has 0 amide bonds. The van der Waals surface area contributed by atoms with Crippen molar-refractivity contribution < 1.29 is 9.53 Å². The van der Waals surface area contributed by atoms with E-state index in [9.17, 15) is 4.79 Å². The molecule has 0 spiro atoms. The normalized spacial score (nSPS) is 10.2. The van der Waals surface area contributed by atoms with Crippen LogP contribution in [0.5, 0.6) is 5.75 Å². The van der Waals surface area contributed by atoms with Gasteiger partial charge in [-0.1, -0.05) is 25.1 Å². The average molecular weight is 280 g/mol. The van der Waals surface area contributed by atoms with Crippen LogP contribution in [0.1, 0.15) is 42.6 Å². The van der Waals surface area contributed by atoms with E-state index in [0.29, 0.717) is 17.9 Å². The zero-order chi connectivity index (χ0) is 14.3. The van der Waals surface area contributed by atoms with E-state index in [1.165, 1.54) is 18.7 Å². The average Bonchev–Trinajstić information content (AvgIpc) is 2.37. The van der Waals surface area contributed by atoms with E-state index >= 15 is 0 Å². The van der Waals surface area contributed by atoms with Crippen molar-refractivity contribution >= 4 is 22.7 Å². The molecule has 0 bridgehead atoms. The van der Waals surface area contributed by atoms with Crippen LogP contribution >= 0.6 is 11.8 Å². The van der Waals surface area contributed by atoms with Crippen molar-refractivity contribution in [2.45, 2.75) is 32.4 Å². The number of hydrogen-bond acceptors (Lipinski definition) is 4. The van der Waals surface area contributed by atoms with Crippen LogP contribution in [0, 0.1) is 5.41 Å². The first kappa shape index (κ1) is 15.6. The number of ether oxygens (including phenoxy) is 1. The van der Waals surface area contributed by atoms with Crippen LogP contribution in [-0.4, -0.2) is 17.6 Å².